The van der Waals surface area contributed by atoms with E-state index >= 15 is 0 Å². The zero-order chi connectivity index (χ0) is 9.90. The maximum Gasteiger partial charge on any atom is 0.334 e. The molecule has 1 fully saturated rings. The standard InChI is InChI=1S/C8H17O4P/c1-3-11-13(10,12-4-2)8-5-7(8)6-9/h7-9H,3-6H2,1-2H3/t7-,8+/m1/s1. The van der Waals surface area contributed by atoms with Crippen molar-refractivity contribution in [1.29, 1.82) is 0 Å². The molecule has 0 aliphatic heterocycles. The molecular weight excluding hydrogens is 191 g/mol. The summed E-state index contributed by atoms with van der Waals surface area (Å²) in [5, 5.41) is 8.84. The average molecular weight is 208 g/mol. The van der Waals surface area contributed by atoms with Crippen molar-refractivity contribution >= 4 is 7.60 Å². The van der Waals surface area contributed by atoms with Crippen LogP contribution in [0.4, 0.5) is 0 Å². The van der Waals surface area contributed by atoms with E-state index in [1.807, 2.05) is 0 Å². The van der Waals surface area contributed by atoms with Gasteiger partial charge in [-0.15, -0.1) is 0 Å². The fourth-order valence-electron chi connectivity index (χ4n) is 1.40. The third kappa shape index (κ3) is 2.53. The SMILES string of the molecule is CCOP(=O)(OCC)[C@H]1C[C@@H]1CO. The molecule has 0 unspecified atom stereocenters. The first-order valence-electron chi connectivity index (χ1n) is 4.67. The summed E-state index contributed by atoms with van der Waals surface area (Å²) in [6, 6.07) is 0. The highest BCUT2D eigenvalue weighted by Gasteiger charge is 2.52. The molecule has 1 rings (SSSR count). The Morgan fingerprint density at radius 2 is 1.92 bits per heavy atom. The van der Waals surface area contributed by atoms with Crippen molar-refractivity contribution in [3.8, 4) is 0 Å². The van der Waals surface area contributed by atoms with Crippen LogP contribution in [0.15, 0.2) is 0 Å². The monoisotopic (exact) mass is 208 g/mol. The molecule has 1 N–H and O–H groups in total. The van der Waals surface area contributed by atoms with Crippen molar-refractivity contribution in [2.75, 3.05) is 19.8 Å². The van der Waals surface area contributed by atoms with Gasteiger partial charge in [0.05, 0.1) is 18.9 Å². The van der Waals surface area contributed by atoms with Crippen molar-refractivity contribution in [3.05, 3.63) is 0 Å². The van der Waals surface area contributed by atoms with Crippen LogP contribution in [0.3, 0.4) is 0 Å². The van der Waals surface area contributed by atoms with Crippen LogP contribution in [0, 0.1) is 5.92 Å². The molecule has 5 heteroatoms. The minimum absolute atomic E-state index is 0.0719. The van der Waals surface area contributed by atoms with E-state index < -0.39 is 7.60 Å². The molecule has 0 aromatic carbocycles. The van der Waals surface area contributed by atoms with E-state index in [1.165, 1.54) is 0 Å². The predicted molar refractivity (Wildman–Crippen MR) is 49.8 cm³/mol. The third-order valence-corrected chi connectivity index (χ3v) is 4.83. The molecule has 13 heavy (non-hydrogen) atoms. The van der Waals surface area contributed by atoms with Gasteiger partial charge in [-0.05, 0) is 26.2 Å². The second-order valence-corrected chi connectivity index (χ2v) is 5.38. The first kappa shape index (κ1) is 11.2. The average Bonchev–Trinajstić information content (AvgIpc) is 2.84. The zero-order valence-corrected chi connectivity index (χ0v) is 9.00. The highest BCUT2D eigenvalue weighted by molar-refractivity contribution is 7.55. The van der Waals surface area contributed by atoms with Gasteiger partial charge in [-0.3, -0.25) is 4.57 Å². The van der Waals surface area contributed by atoms with Gasteiger partial charge in [0.1, 0.15) is 0 Å². The van der Waals surface area contributed by atoms with E-state index in [0.717, 1.165) is 6.42 Å². The smallest absolute Gasteiger partial charge is 0.334 e. The maximum atomic E-state index is 12.0. The van der Waals surface area contributed by atoms with Gasteiger partial charge in [0, 0.05) is 6.61 Å². The number of rotatable bonds is 6. The van der Waals surface area contributed by atoms with E-state index in [-0.39, 0.29) is 18.2 Å². The minimum atomic E-state index is -2.91. The van der Waals surface area contributed by atoms with Crippen LogP contribution in [0.2, 0.25) is 0 Å². The molecule has 4 nitrogen and oxygen atoms in total. The summed E-state index contributed by atoms with van der Waals surface area (Å²) < 4.78 is 22.3. The molecule has 1 aliphatic carbocycles. The molecule has 1 saturated carbocycles. The van der Waals surface area contributed by atoms with Crippen LogP contribution in [0.5, 0.6) is 0 Å². The molecule has 0 heterocycles. The summed E-state index contributed by atoms with van der Waals surface area (Å²) >= 11 is 0. The predicted octanol–water partition coefficient (Wildman–Crippen LogP) is 1.63. The lowest BCUT2D eigenvalue weighted by Gasteiger charge is -2.16. The molecule has 0 saturated heterocycles. The van der Waals surface area contributed by atoms with Gasteiger partial charge in [-0.1, -0.05) is 0 Å². The van der Waals surface area contributed by atoms with Crippen molar-refractivity contribution in [3.63, 3.8) is 0 Å². The van der Waals surface area contributed by atoms with E-state index in [0.29, 0.717) is 13.2 Å². The molecule has 1 aliphatic rings. The number of aliphatic hydroxyl groups is 1. The van der Waals surface area contributed by atoms with Crippen molar-refractivity contribution < 1.29 is 18.7 Å². The van der Waals surface area contributed by atoms with E-state index in [2.05, 4.69) is 0 Å². The molecule has 0 aromatic heterocycles. The van der Waals surface area contributed by atoms with Gasteiger partial charge in [0.2, 0.25) is 0 Å². The summed E-state index contributed by atoms with van der Waals surface area (Å²) in [4.78, 5) is 0. The van der Waals surface area contributed by atoms with Gasteiger partial charge >= 0.3 is 7.60 Å². The molecule has 0 radical (unpaired) electrons. The summed E-state index contributed by atoms with van der Waals surface area (Å²) in [5.41, 5.74) is -0.0719. The Bertz CT molecular complexity index is 196. The van der Waals surface area contributed by atoms with Crippen LogP contribution in [-0.2, 0) is 13.6 Å². The Balaban J connectivity index is 2.53. The summed E-state index contributed by atoms with van der Waals surface area (Å²) in [5.74, 6) is 0.115. The van der Waals surface area contributed by atoms with Gasteiger partial charge in [0.15, 0.2) is 0 Å². The number of hydrogen-bond donors (Lipinski definition) is 1. The molecule has 78 valence electrons. The van der Waals surface area contributed by atoms with E-state index in [1.54, 1.807) is 13.8 Å². The van der Waals surface area contributed by atoms with Gasteiger partial charge < -0.3 is 14.2 Å². The number of hydrogen-bond acceptors (Lipinski definition) is 4. The highest BCUT2D eigenvalue weighted by atomic mass is 31.2. The normalized spacial score (nSPS) is 27.6. The second kappa shape index (κ2) is 4.56. The van der Waals surface area contributed by atoms with Crippen LogP contribution in [0.1, 0.15) is 20.3 Å². The molecule has 0 amide bonds. The Morgan fingerprint density at radius 3 is 2.23 bits per heavy atom. The molecule has 0 spiro atoms. The van der Waals surface area contributed by atoms with Crippen LogP contribution < -0.4 is 0 Å². The second-order valence-electron chi connectivity index (χ2n) is 3.12. The Labute approximate surface area is 78.8 Å². The van der Waals surface area contributed by atoms with Crippen molar-refractivity contribution in [2.45, 2.75) is 25.9 Å². The zero-order valence-electron chi connectivity index (χ0n) is 8.10. The van der Waals surface area contributed by atoms with Gasteiger partial charge in [-0.2, -0.15) is 0 Å². The third-order valence-electron chi connectivity index (χ3n) is 2.14. The maximum absolute atomic E-state index is 12.0. The molecular formula is C8H17O4P. The van der Waals surface area contributed by atoms with Crippen LogP contribution in [-0.4, -0.2) is 30.6 Å². The van der Waals surface area contributed by atoms with Crippen LogP contribution >= 0.6 is 7.60 Å². The lowest BCUT2D eigenvalue weighted by molar-refractivity contribution is 0.214. The lowest BCUT2D eigenvalue weighted by atomic mass is 10.5. The Hall–Kier alpha value is 0.110. The quantitative estimate of drug-likeness (QED) is 0.674. The Kier molecular flexibility index (Phi) is 3.92. The fraction of sp³-hybridized carbons (Fsp3) is 1.00. The first-order chi connectivity index (χ1) is 6.18. The largest absolute Gasteiger partial charge is 0.396 e. The van der Waals surface area contributed by atoms with Gasteiger partial charge in [0.25, 0.3) is 0 Å². The van der Waals surface area contributed by atoms with E-state index in [9.17, 15) is 4.57 Å². The van der Waals surface area contributed by atoms with E-state index in [4.69, 9.17) is 14.2 Å². The molecule has 0 bridgehead atoms. The highest BCUT2D eigenvalue weighted by Crippen LogP contribution is 2.64. The lowest BCUT2D eigenvalue weighted by Crippen LogP contribution is -2.03. The van der Waals surface area contributed by atoms with Gasteiger partial charge in [-0.25, -0.2) is 0 Å². The first-order valence-corrected chi connectivity index (χ1v) is 6.28. The fourth-order valence-corrected chi connectivity index (χ4v) is 3.72. The summed E-state index contributed by atoms with van der Waals surface area (Å²) in [7, 11) is -2.91. The summed E-state index contributed by atoms with van der Waals surface area (Å²) in [6.45, 7) is 4.46. The molecule has 0 aromatic rings. The number of aliphatic hydroxyl groups excluding tert-OH is 1. The topological polar surface area (TPSA) is 55.8 Å². The summed E-state index contributed by atoms with van der Waals surface area (Å²) in [6.07, 6.45) is 0.758. The Morgan fingerprint density at radius 1 is 1.38 bits per heavy atom. The van der Waals surface area contributed by atoms with Crippen molar-refractivity contribution in [1.82, 2.24) is 0 Å². The van der Waals surface area contributed by atoms with Crippen molar-refractivity contribution in [2.24, 2.45) is 5.92 Å². The minimum Gasteiger partial charge on any atom is -0.396 e. The molecule has 2 atom stereocenters. The van der Waals surface area contributed by atoms with Crippen LogP contribution in [0.25, 0.3) is 0 Å².